The van der Waals surface area contributed by atoms with Crippen molar-refractivity contribution in [3.8, 4) is 5.75 Å². The fraction of sp³-hybridized carbons (Fsp3) is 0.0909. The van der Waals surface area contributed by atoms with E-state index in [4.69, 9.17) is 27.9 Å². The average Bonchev–Trinajstić information content (AvgIpc) is 3.06. The van der Waals surface area contributed by atoms with Crippen LogP contribution in [0.25, 0.3) is 5.76 Å². The molecule has 0 unspecified atom stereocenters. The van der Waals surface area contributed by atoms with Gasteiger partial charge in [0.1, 0.15) is 11.5 Å². The first-order valence-electron chi connectivity index (χ1n) is 9.09. The molecule has 1 saturated heterocycles. The van der Waals surface area contributed by atoms with Crippen LogP contribution in [0.4, 0.5) is 5.95 Å². The van der Waals surface area contributed by atoms with Gasteiger partial charge in [0.2, 0.25) is 5.95 Å². The summed E-state index contributed by atoms with van der Waals surface area (Å²) in [6.07, 6.45) is 2.91. The smallest absolute Gasteiger partial charge is 0.302 e. The van der Waals surface area contributed by atoms with E-state index in [-0.39, 0.29) is 22.3 Å². The number of ketones is 1. The summed E-state index contributed by atoms with van der Waals surface area (Å²) < 4.78 is 5.13. The summed E-state index contributed by atoms with van der Waals surface area (Å²) in [4.78, 5) is 35.3. The highest BCUT2D eigenvalue weighted by atomic mass is 35.5. The van der Waals surface area contributed by atoms with Gasteiger partial charge in [-0.2, -0.15) is 0 Å². The first-order chi connectivity index (χ1) is 14.9. The fourth-order valence-electron chi connectivity index (χ4n) is 3.36. The van der Waals surface area contributed by atoms with Gasteiger partial charge in [-0.15, -0.1) is 0 Å². The quantitative estimate of drug-likeness (QED) is 0.355. The van der Waals surface area contributed by atoms with Crippen molar-refractivity contribution in [1.29, 1.82) is 0 Å². The van der Waals surface area contributed by atoms with Gasteiger partial charge in [0.25, 0.3) is 5.78 Å². The number of benzene rings is 2. The number of aliphatic hydroxyl groups is 1. The van der Waals surface area contributed by atoms with Crippen molar-refractivity contribution in [2.75, 3.05) is 12.0 Å². The van der Waals surface area contributed by atoms with Crippen LogP contribution in [0.15, 0.2) is 66.5 Å². The molecule has 3 aromatic rings. The molecule has 156 valence electrons. The number of amides is 1. The van der Waals surface area contributed by atoms with E-state index in [1.807, 2.05) is 0 Å². The molecule has 31 heavy (non-hydrogen) atoms. The Morgan fingerprint density at radius 1 is 1.03 bits per heavy atom. The number of anilines is 1. The molecule has 1 aliphatic rings. The van der Waals surface area contributed by atoms with Crippen LogP contribution < -0.4 is 9.64 Å². The van der Waals surface area contributed by atoms with E-state index in [0.717, 1.165) is 4.90 Å². The van der Waals surface area contributed by atoms with E-state index in [1.165, 1.54) is 25.6 Å². The van der Waals surface area contributed by atoms with Gasteiger partial charge < -0.3 is 9.84 Å². The second-order valence-electron chi connectivity index (χ2n) is 6.62. The minimum atomic E-state index is -1.00. The van der Waals surface area contributed by atoms with Crippen LogP contribution in [0.5, 0.6) is 5.75 Å². The van der Waals surface area contributed by atoms with E-state index in [1.54, 1.807) is 42.5 Å². The predicted octanol–water partition coefficient (Wildman–Crippen LogP) is 4.42. The van der Waals surface area contributed by atoms with Crippen molar-refractivity contribution in [3.63, 3.8) is 0 Å². The number of hydrogen-bond donors (Lipinski definition) is 1. The normalized spacial score (nSPS) is 17.8. The molecule has 1 aliphatic heterocycles. The van der Waals surface area contributed by atoms with E-state index in [9.17, 15) is 14.7 Å². The van der Waals surface area contributed by atoms with E-state index in [0.29, 0.717) is 21.9 Å². The number of carbonyl (C=O) groups is 2. The van der Waals surface area contributed by atoms with Gasteiger partial charge in [-0.05, 0) is 48.0 Å². The number of halogens is 2. The van der Waals surface area contributed by atoms with Crippen LogP contribution in [0.1, 0.15) is 17.2 Å². The van der Waals surface area contributed by atoms with Crippen LogP contribution in [-0.4, -0.2) is 33.9 Å². The van der Waals surface area contributed by atoms with Gasteiger partial charge >= 0.3 is 5.91 Å². The summed E-state index contributed by atoms with van der Waals surface area (Å²) in [6.45, 7) is 0. The van der Waals surface area contributed by atoms with Crippen molar-refractivity contribution >= 4 is 46.6 Å². The van der Waals surface area contributed by atoms with Crippen LogP contribution in [-0.2, 0) is 9.59 Å². The number of rotatable bonds is 4. The third-order valence-electron chi connectivity index (χ3n) is 4.83. The minimum Gasteiger partial charge on any atom is -0.507 e. The second-order valence-corrected chi connectivity index (χ2v) is 7.43. The van der Waals surface area contributed by atoms with Crippen molar-refractivity contribution in [1.82, 2.24) is 9.97 Å². The summed E-state index contributed by atoms with van der Waals surface area (Å²) in [6, 6.07) is 11.8. The molecule has 0 saturated carbocycles. The molecule has 0 spiro atoms. The van der Waals surface area contributed by atoms with Gasteiger partial charge in [-0.25, -0.2) is 9.97 Å². The summed E-state index contributed by atoms with van der Waals surface area (Å²) in [7, 11) is 1.52. The number of methoxy groups -OCH3 is 1. The van der Waals surface area contributed by atoms with Crippen molar-refractivity contribution < 1.29 is 19.4 Å². The first kappa shape index (κ1) is 20.8. The van der Waals surface area contributed by atoms with E-state index < -0.39 is 17.7 Å². The Kier molecular flexibility index (Phi) is 5.63. The maximum atomic E-state index is 13.0. The molecule has 1 atom stereocenters. The predicted molar refractivity (Wildman–Crippen MR) is 116 cm³/mol. The molecule has 2 heterocycles. The molecule has 2 aromatic carbocycles. The molecule has 0 bridgehead atoms. The third-order valence-corrected chi connectivity index (χ3v) is 5.57. The summed E-state index contributed by atoms with van der Waals surface area (Å²) in [5, 5.41) is 11.6. The third kappa shape index (κ3) is 3.73. The Bertz CT molecular complexity index is 1200. The maximum absolute atomic E-state index is 13.0. The molecule has 1 N–H and O–H groups in total. The summed E-state index contributed by atoms with van der Waals surface area (Å²) in [5.41, 5.74) is 0.704. The zero-order valence-electron chi connectivity index (χ0n) is 16.1. The van der Waals surface area contributed by atoms with Crippen LogP contribution in [0, 0.1) is 0 Å². The lowest BCUT2D eigenvalue weighted by Gasteiger charge is -2.23. The lowest BCUT2D eigenvalue weighted by molar-refractivity contribution is -0.132. The molecule has 1 aromatic heterocycles. The average molecular weight is 456 g/mol. The van der Waals surface area contributed by atoms with Crippen LogP contribution in [0.3, 0.4) is 0 Å². The number of ether oxygens (including phenoxy) is 1. The Morgan fingerprint density at radius 2 is 1.71 bits per heavy atom. The van der Waals surface area contributed by atoms with Gasteiger partial charge in [-0.1, -0.05) is 29.3 Å². The molecule has 0 aliphatic carbocycles. The number of aliphatic hydroxyl groups excluding tert-OH is 1. The fourth-order valence-corrected chi connectivity index (χ4v) is 3.66. The number of hydrogen-bond acceptors (Lipinski definition) is 6. The lowest BCUT2D eigenvalue weighted by Crippen LogP contribution is -2.31. The largest absolute Gasteiger partial charge is 0.507 e. The maximum Gasteiger partial charge on any atom is 0.302 e. The topological polar surface area (TPSA) is 92.6 Å². The highest BCUT2D eigenvalue weighted by molar-refractivity contribution is 6.51. The number of Topliss-reactive ketones (excluding diaryl/α,β-unsaturated/α-hetero) is 1. The summed E-state index contributed by atoms with van der Waals surface area (Å²) >= 11 is 12.2. The number of carbonyl (C=O) groups excluding carboxylic acids is 2. The van der Waals surface area contributed by atoms with Crippen molar-refractivity contribution in [2.45, 2.75) is 6.04 Å². The highest BCUT2D eigenvalue weighted by Crippen LogP contribution is 2.42. The molecule has 1 amide bonds. The van der Waals surface area contributed by atoms with Crippen LogP contribution in [0.2, 0.25) is 10.0 Å². The van der Waals surface area contributed by atoms with Crippen molar-refractivity contribution in [2.24, 2.45) is 0 Å². The molecular formula is C22H15Cl2N3O4. The number of aromatic nitrogens is 2. The highest BCUT2D eigenvalue weighted by Gasteiger charge is 2.48. The minimum absolute atomic E-state index is 0.0226. The Hall–Kier alpha value is -3.42. The molecule has 7 nitrogen and oxygen atoms in total. The molecule has 4 rings (SSSR count). The zero-order valence-corrected chi connectivity index (χ0v) is 17.6. The van der Waals surface area contributed by atoms with Gasteiger partial charge in [0, 0.05) is 18.0 Å². The zero-order chi connectivity index (χ0) is 22.1. The van der Waals surface area contributed by atoms with E-state index in [2.05, 4.69) is 9.97 Å². The monoisotopic (exact) mass is 455 g/mol. The molecule has 9 heteroatoms. The van der Waals surface area contributed by atoms with Crippen LogP contribution >= 0.6 is 23.2 Å². The lowest BCUT2D eigenvalue weighted by atomic mass is 9.95. The number of nitrogens with zero attached hydrogens (tertiary/aromatic N) is 3. The van der Waals surface area contributed by atoms with E-state index >= 15 is 0 Å². The Morgan fingerprint density at radius 3 is 2.32 bits per heavy atom. The standard InChI is InChI=1S/C22H15Cl2N3O4/c1-31-14-6-3-12(4-7-14)19(28)17-18(13-5-8-15(23)16(24)11-13)27(21(30)20(17)29)22-25-9-2-10-26-22/h2-11,18,28H,1H3/t18-/m1/s1. The Balaban J connectivity index is 1.94. The van der Waals surface area contributed by atoms with Gasteiger partial charge in [0.05, 0.1) is 28.8 Å². The van der Waals surface area contributed by atoms with Gasteiger partial charge in [0.15, 0.2) is 0 Å². The first-order valence-corrected chi connectivity index (χ1v) is 9.85. The molecule has 1 fully saturated rings. The molecule has 0 radical (unpaired) electrons. The second kappa shape index (κ2) is 8.37. The molecular weight excluding hydrogens is 441 g/mol. The van der Waals surface area contributed by atoms with Gasteiger partial charge in [-0.3, -0.25) is 14.5 Å². The summed E-state index contributed by atoms with van der Waals surface area (Å²) in [5.74, 6) is -1.46. The Labute approximate surface area is 187 Å². The van der Waals surface area contributed by atoms with Crippen molar-refractivity contribution in [3.05, 3.63) is 87.7 Å². The SMILES string of the molecule is COc1ccc(C(O)=C2C(=O)C(=O)N(c3ncccn3)[C@@H]2c2ccc(Cl)c(Cl)c2)cc1.